The lowest BCUT2D eigenvalue weighted by atomic mass is 10.1. The average Bonchev–Trinajstić information content (AvgIpc) is 2.89. The van der Waals surface area contributed by atoms with Gasteiger partial charge in [-0.05, 0) is 63.6 Å². The number of hydrogen-bond donors (Lipinski definition) is 1. The third-order valence-electron chi connectivity index (χ3n) is 3.59. The van der Waals surface area contributed by atoms with Crippen molar-refractivity contribution in [3.05, 3.63) is 53.7 Å². The maximum absolute atomic E-state index is 12.3. The molecule has 0 atom stereocenters. The molecule has 3 aromatic rings. The number of nitrogens with two attached hydrogens (primary N) is 1. The van der Waals surface area contributed by atoms with Crippen molar-refractivity contribution in [3.8, 4) is 5.69 Å². The minimum absolute atomic E-state index is 0.350. The Morgan fingerprint density at radius 1 is 1.21 bits per heavy atom. The van der Waals surface area contributed by atoms with E-state index in [2.05, 4.69) is 5.10 Å². The zero-order chi connectivity index (χ0) is 17.5. The SMILES string of the molecule is Cc1cc(N)c2cnn(-c3cccc(C(=O)OC(C)(C)C)c3)c2c1. The molecule has 2 aromatic carbocycles. The Hall–Kier alpha value is -2.82. The molecule has 124 valence electrons. The van der Waals surface area contributed by atoms with Gasteiger partial charge in [-0.15, -0.1) is 0 Å². The summed E-state index contributed by atoms with van der Waals surface area (Å²) in [7, 11) is 0. The van der Waals surface area contributed by atoms with E-state index in [-0.39, 0.29) is 5.97 Å². The Bertz CT molecular complexity index is 920. The van der Waals surface area contributed by atoms with Crippen molar-refractivity contribution in [2.45, 2.75) is 33.3 Å². The summed E-state index contributed by atoms with van der Waals surface area (Å²) in [5.41, 5.74) is 9.49. The molecule has 1 aromatic heterocycles. The van der Waals surface area contributed by atoms with Crippen LogP contribution in [0.15, 0.2) is 42.6 Å². The number of aromatic nitrogens is 2. The minimum atomic E-state index is -0.531. The fourth-order valence-corrected chi connectivity index (χ4v) is 2.61. The first kappa shape index (κ1) is 16.1. The lowest BCUT2D eigenvalue weighted by Crippen LogP contribution is -2.23. The molecule has 0 spiro atoms. The summed E-state index contributed by atoms with van der Waals surface area (Å²) in [6.07, 6.45) is 1.74. The highest BCUT2D eigenvalue weighted by Crippen LogP contribution is 2.25. The second-order valence-electron chi connectivity index (χ2n) is 6.90. The number of carbonyl (C=O) groups is 1. The number of anilines is 1. The van der Waals surface area contributed by atoms with Gasteiger partial charge in [-0.2, -0.15) is 5.10 Å². The lowest BCUT2D eigenvalue weighted by Gasteiger charge is -2.19. The molecule has 0 unspecified atom stereocenters. The van der Waals surface area contributed by atoms with Crippen LogP contribution in [-0.4, -0.2) is 21.4 Å². The summed E-state index contributed by atoms with van der Waals surface area (Å²) < 4.78 is 7.22. The van der Waals surface area contributed by atoms with E-state index in [9.17, 15) is 4.79 Å². The van der Waals surface area contributed by atoms with E-state index in [4.69, 9.17) is 10.5 Å². The van der Waals surface area contributed by atoms with Gasteiger partial charge in [0.2, 0.25) is 0 Å². The Labute approximate surface area is 141 Å². The molecule has 0 radical (unpaired) electrons. The van der Waals surface area contributed by atoms with Gasteiger partial charge in [0, 0.05) is 11.1 Å². The molecule has 1 heterocycles. The van der Waals surface area contributed by atoms with Gasteiger partial charge in [-0.1, -0.05) is 6.07 Å². The zero-order valence-electron chi connectivity index (χ0n) is 14.3. The molecule has 24 heavy (non-hydrogen) atoms. The first-order valence-electron chi connectivity index (χ1n) is 7.82. The van der Waals surface area contributed by atoms with Gasteiger partial charge in [-0.3, -0.25) is 0 Å². The number of rotatable bonds is 2. The molecule has 0 bridgehead atoms. The van der Waals surface area contributed by atoms with Gasteiger partial charge in [0.15, 0.2) is 0 Å². The van der Waals surface area contributed by atoms with Crippen LogP contribution in [0.5, 0.6) is 0 Å². The minimum Gasteiger partial charge on any atom is -0.456 e. The van der Waals surface area contributed by atoms with E-state index >= 15 is 0 Å². The number of benzene rings is 2. The number of hydrogen-bond acceptors (Lipinski definition) is 4. The van der Waals surface area contributed by atoms with Crippen molar-refractivity contribution in [3.63, 3.8) is 0 Å². The van der Waals surface area contributed by atoms with E-state index in [1.807, 2.05) is 52.0 Å². The fraction of sp³-hybridized carbons (Fsp3) is 0.263. The maximum atomic E-state index is 12.3. The van der Waals surface area contributed by atoms with Crippen molar-refractivity contribution in [1.29, 1.82) is 0 Å². The monoisotopic (exact) mass is 323 g/mol. The molecular formula is C19H21N3O2. The maximum Gasteiger partial charge on any atom is 0.338 e. The first-order chi connectivity index (χ1) is 11.2. The van der Waals surface area contributed by atoms with Crippen LogP contribution >= 0.6 is 0 Å². The van der Waals surface area contributed by atoms with Crippen molar-refractivity contribution < 1.29 is 9.53 Å². The van der Waals surface area contributed by atoms with Gasteiger partial charge >= 0.3 is 5.97 Å². The zero-order valence-corrected chi connectivity index (χ0v) is 14.3. The predicted molar refractivity (Wildman–Crippen MR) is 95.4 cm³/mol. The second-order valence-corrected chi connectivity index (χ2v) is 6.90. The Morgan fingerprint density at radius 2 is 1.96 bits per heavy atom. The van der Waals surface area contributed by atoms with Gasteiger partial charge in [-0.25, -0.2) is 9.48 Å². The van der Waals surface area contributed by atoms with E-state index < -0.39 is 5.60 Å². The normalized spacial score (nSPS) is 11.7. The van der Waals surface area contributed by atoms with E-state index in [0.29, 0.717) is 11.3 Å². The van der Waals surface area contributed by atoms with Crippen LogP contribution in [0, 0.1) is 6.92 Å². The van der Waals surface area contributed by atoms with Gasteiger partial charge in [0.05, 0.1) is 23.0 Å². The summed E-state index contributed by atoms with van der Waals surface area (Å²) >= 11 is 0. The van der Waals surface area contributed by atoms with Gasteiger partial charge in [0.25, 0.3) is 0 Å². The standard InChI is InChI=1S/C19H21N3O2/c1-12-8-16(20)15-11-21-22(17(15)9-12)14-7-5-6-13(10-14)18(23)24-19(2,3)4/h5-11H,20H2,1-4H3. The van der Waals surface area contributed by atoms with E-state index in [0.717, 1.165) is 22.2 Å². The van der Waals surface area contributed by atoms with Gasteiger partial charge < -0.3 is 10.5 Å². The highest BCUT2D eigenvalue weighted by atomic mass is 16.6. The smallest absolute Gasteiger partial charge is 0.338 e. The molecule has 5 heteroatoms. The molecule has 0 aliphatic rings. The lowest BCUT2D eigenvalue weighted by molar-refractivity contribution is 0.00695. The van der Waals surface area contributed by atoms with Crippen molar-refractivity contribution in [2.75, 3.05) is 5.73 Å². The topological polar surface area (TPSA) is 70.1 Å². The van der Waals surface area contributed by atoms with Crippen LogP contribution in [-0.2, 0) is 4.74 Å². The van der Waals surface area contributed by atoms with Crippen molar-refractivity contribution in [1.82, 2.24) is 9.78 Å². The third-order valence-corrected chi connectivity index (χ3v) is 3.59. The largest absolute Gasteiger partial charge is 0.456 e. The van der Waals surface area contributed by atoms with E-state index in [1.54, 1.807) is 23.0 Å². The Balaban J connectivity index is 2.05. The van der Waals surface area contributed by atoms with Crippen LogP contribution in [0.3, 0.4) is 0 Å². The third kappa shape index (κ3) is 3.11. The Morgan fingerprint density at radius 3 is 2.67 bits per heavy atom. The highest BCUT2D eigenvalue weighted by Gasteiger charge is 2.18. The summed E-state index contributed by atoms with van der Waals surface area (Å²) in [4.78, 5) is 12.3. The molecule has 0 saturated heterocycles. The number of nitrogens with zero attached hydrogens (tertiary/aromatic N) is 2. The first-order valence-corrected chi connectivity index (χ1v) is 7.82. The molecule has 2 N–H and O–H groups in total. The Kier molecular flexibility index (Phi) is 3.79. The summed E-state index contributed by atoms with van der Waals surface area (Å²) in [5, 5.41) is 5.32. The van der Waals surface area contributed by atoms with Crippen LogP contribution in [0.25, 0.3) is 16.6 Å². The quantitative estimate of drug-likeness (QED) is 0.574. The summed E-state index contributed by atoms with van der Waals surface area (Å²) in [5.74, 6) is -0.350. The molecule has 5 nitrogen and oxygen atoms in total. The number of aryl methyl sites for hydroxylation is 1. The van der Waals surface area contributed by atoms with E-state index in [1.165, 1.54) is 0 Å². The van der Waals surface area contributed by atoms with Crippen LogP contribution in [0.1, 0.15) is 36.7 Å². The molecule has 0 saturated carbocycles. The summed E-state index contributed by atoms with van der Waals surface area (Å²) in [6.45, 7) is 7.54. The number of fused-ring (bicyclic) bond motifs is 1. The van der Waals surface area contributed by atoms with Gasteiger partial charge in [0.1, 0.15) is 5.60 Å². The number of carbonyl (C=O) groups excluding carboxylic acids is 1. The number of esters is 1. The van der Waals surface area contributed by atoms with Crippen molar-refractivity contribution >= 4 is 22.6 Å². The highest BCUT2D eigenvalue weighted by molar-refractivity contribution is 5.93. The summed E-state index contributed by atoms with van der Waals surface area (Å²) in [6, 6.07) is 11.2. The fourth-order valence-electron chi connectivity index (χ4n) is 2.61. The van der Waals surface area contributed by atoms with Crippen LogP contribution in [0.2, 0.25) is 0 Å². The number of nitrogen functional groups attached to an aromatic ring is 1. The molecule has 0 fully saturated rings. The second kappa shape index (κ2) is 5.67. The number of ether oxygens (including phenoxy) is 1. The molecular weight excluding hydrogens is 302 g/mol. The molecule has 0 amide bonds. The van der Waals surface area contributed by atoms with Crippen LogP contribution in [0.4, 0.5) is 5.69 Å². The molecule has 0 aliphatic carbocycles. The predicted octanol–water partition coefficient (Wildman–Crippen LogP) is 3.87. The molecule has 0 aliphatic heterocycles. The molecule has 3 rings (SSSR count). The van der Waals surface area contributed by atoms with Crippen molar-refractivity contribution in [2.24, 2.45) is 0 Å². The van der Waals surface area contributed by atoms with Crippen LogP contribution < -0.4 is 5.73 Å². The average molecular weight is 323 g/mol.